The van der Waals surface area contributed by atoms with E-state index in [-0.39, 0.29) is 6.04 Å². The number of para-hydroxylation sites is 2. The quantitative estimate of drug-likeness (QED) is 0.332. The summed E-state index contributed by atoms with van der Waals surface area (Å²) in [6.07, 6.45) is 17.3. The molecule has 0 saturated carbocycles. The third-order valence-corrected chi connectivity index (χ3v) is 7.28. The van der Waals surface area contributed by atoms with Crippen molar-refractivity contribution in [1.82, 2.24) is 4.57 Å². The first-order chi connectivity index (χ1) is 16.8. The predicted molar refractivity (Wildman–Crippen MR) is 140 cm³/mol. The highest BCUT2D eigenvalue weighted by Gasteiger charge is 2.29. The molecule has 0 radical (unpaired) electrons. The van der Waals surface area contributed by atoms with Crippen molar-refractivity contribution < 1.29 is 4.42 Å². The van der Waals surface area contributed by atoms with Gasteiger partial charge in [0.15, 0.2) is 0 Å². The molecule has 2 aromatic carbocycles. The van der Waals surface area contributed by atoms with E-state index in [1.54, 1.807) is 0 Å². The molecule has 3 aliphatic carbocycles. The van der Waals surface area contributed by atoms with Crippen LogP contribution in [0.15, 0.2) is 99.8 Å². The number of furan rings is 1. The van der Waals surface area contributed by atoms with Crippen molar-refractivity contribution in [2.75, 3.05) is 0 Å². The van der Waals surface area contributed by atoms with Crippen molar-refractivity contribution in [3.8, 4) is 0 Å². The number of fused-ring (bicyclic) bond motifs is 6. The Hall–Kier alpha value is -4.20. The van der Waals surface area contributed by atoms with Gasteiger partial charge in [0.1, 0.15) is 11.5 Å². The van der Waals surface area contributed by atoms with Crippen molar-refractivity contribution in [1.29, 1.82) is 0 Å². The average molecular weight is 441 g/mol. The second kappa shape index (κ2) is 7.41. The van der Waals surface area contributed by atoms with E-state index in [1.807, 2.05) is 24.3 Å². The van der Waals surface area contributed by atoms with Crippen molar-refractivity contribution in [3.05, 3.63) is 118 Å². The lowest BCUT2D eigenvalue weighted by atomic mass is 9.84. The van der Waals surface area contributed by atoms with Gasteiger partial charge in [-0.3, -0.25) is 0 Å². The summed E-state index contributed by atoms with van der Waals surface area (Å²) in [5.41, 5.74) is 18.0. The maximum atomic E-state index is 6.36. The Bertz CT molecular complexity index is 1620. The van der Waals surface area contributed by atoms with Crippen molar-refractivity contribution in [3.63, 3.8) is 0 Å². The van der Waals surface area contributed by atoms with Crippen LogP contribution in [0.1, 0.15) is 41.5 Å². The topological polar surface area (TPSA) is 44.1 Å². The van der Waals surface area contributed by atoms with Crippen LogP contribution in [-0.4, -0.2) is 4.57 Å². The van der Waals surface area contributed by atoms with Gasteiger partial charge in [0.25, 0.3) is 0 Å². The highest BCUT2D eigenvalue weighted by atomic mass is 16.3. The van der Waals surface area contributed by atoms with Gasteiger partial charge in [-0.05, 0) is 72.9 Å². The van der Waals surface area contributed by atoms with Gasteiger partial charge in [0.05, 0.1) is 6.04 Å². The minimum absolute atomic E-state index is 0.181. The normalized spacial score (nSPS) is 18.9. The van der Waals surface area contributed by atoms with Crippen molar-refractivity contribution in [2.24, 2.45) is 5.73 Å². The van der Waals surface area contributed by atoms with Gasteiger partial charge in [0, 0.05) is 38.6 Å². The molecule has 0 bridgehead atoms. The van der Waals surface area contributed by atoms with Crippen molar-refractivity contribution in [2.45, 2.75) is 25.3 Å². The maximum Gasteiger partial charge on any atom is 0.135 e. The number of rotatable bonds is 2. The number of aromatic nitrogens is 1. The van der Waals surface area contributed by atoms with Crippen LogP contribution in [0.25, 0.3) is 40.0 Å². The highest BCUT2D eigenvalue weighted by molar-refractivity contribution is 6.08. The van der Waals surface area contributed by atoms with E-state index in [0.29, 0.717) is 0 Å². The molecule has 3 nitrogen and oxygen atoms in total. The first-order valence-corrected chi connectivity index (χ1v) is 11.9. The molecule has 4 aromatic rings. The standard InChI is InChI=1S/C31H24N2O/c32-21-15-17-29(33-27-11-6-4-8-22(27)23-9-5-7-12-28(23)33)26(19-21)20-14-16-25-24-10-2-1-3-13-30(24)34-31(25)18-20/h1,3-13,15,18-19,29H,14,16-17,32H2. The molecule has 0 aliphatic heterocycles. The summed E-state index contributed by atoms with van der Waals surface area (Å²) in [5.74, 6) is 1.88. The molecule has 34 heavy (non-hydrogen) atoms. The Balaban J connectivity index is 1.40. The Morgan fingerprint density at radius 1 is 0.912 bits per heavy atom. The van der Waals surface area contributed by atoms with Gasteiger partial charge < -0.3 is 14.7 Å². The van der Waals surface area contributed by atoms with Crippen molar-refractivity contribution >= 4 is 40.0 Å². The fourth-order valence-corrected chi connectivity index (χ4v) is 5.76. The number of hydrogen-bond acceptors (Lipinski definition) is 2. The summed E-state index contributed by atoms with van der Waals surface area (Å²) in [6.45, 7) is 0. The largest absolute Gasteiger partial charge is 0.456 e. The van der Waals surface area contributed by atoms with E-state index < -0.39 is 0 Å². The van der Waals surface area contributed by atoms with Gasteiger partial charge in [0.2, 0.25) is 0 Å². The molecule has 2 heterocycles. The SMILES string of the molecule is NC1=CCC(n2c3ccccc3c3ccccc32)C(C2=Cc3oc4c(c3CC2)C=C=CC=C4)=C1. The van der Waals surface area contributed by atoms with Crippen LogP contribution < -0.4 is 5.73 Å². The monoisotopic (exact) mass is 440 g/mol. The third kappa shape index (κ3) is 2.84. The predicted octanol–water partition coefficient (Wildman–Crippen LogP) is 7.33. The Labute approximate surface area is 198 Å². The molecule has 164 valence electrons. The van der Waals surface area contributed by atoms with Crippen LogP contribution in [0, 0.1) is 0 Å². The summed E-state index contributed by atoms with van der Waals surface area (Å²) in [5, 5.41) is 2.59. The first-order valence-electron chi connectivity index (χ1n) is 11.9. The summed E-state index contributed by atoms with van der Waals surface area (Å²) in [4.78, 5) is 0. The van der Waals surface area contributed by atoms with Gasteiger partial charge in [-0.1, -0.05) is 48.6 Å². The van der Waals surface area contributed by atoms with Gasteiger partial charge in [-0.15, -0.1) is 5.73 Å². The van der Waals surface area contributed by atoms with E-state index in [0.717, 1.165) is 42.0 Å². The molecule has 7 rings (SSSR count). The molecular formula is C31H24N2O. The lowest BCUT2D eigenvalue weighted by molar-refractivity contribution is 0.539. The van der Waals surface area contributed by atoms with Gasteiger partial charge in [-0.25, -0.2) is 0 Å². The Morgan fingerprint density at radius 3 is 2.47 bits per heavy atom. The molecule has 2 N–H and O–H groups in total. The number of hydrogen-bond donors (Lipinski definition) is 1. The number of nitrogens with zero attached hydrogens (tertiary/aromatic N) is 1. The zero-order valence-electron chi connectivity index (χ0n) is 18.8. The van der Waals surface area contributed by atoms with Crippen LogP contribution in [0.4, 0.5) is 0 Å². The van der Waals surface area contributed by atoms with Crippen LogP contribution in [0.3, 0.4) is 0 Å². The van der Waals surface area contributed by atoms with Gasteiger partial charge >= 0.3 is 0 Å². The second-order valence-corrected chi connectivity index (χ2v) is 9.19. The van der Waals surface area contributed by atoms with E-state index in [4.69, 9.17) is 10.2 Å². The fourth-order valence-electron chi connectivity index (χ4n) is 5.76. The molecule has 0 fully saturated rings. The van der Waals surface area contributed by atoms with Crippen LogP contribution in [0.2, 0.25) is 0 Å². The number of benzene rings is 2. The summed E-state index contributed by atoms with van der Waals surface area (Å²) in [7, 11) is 0. The minimum Gasteiger partial charge on any atom is -0.456 e. The number of allylic oxidation sites excluding steroid dienone is 6. The minimum atomic E-state index is 0.181. The summed E-state index contributed by atoms with van der Waals surface area (Å²) in [6, 6.07) is 17.6. The van der Waals surface area contributed by atoms with Crippen LogP contribution in [0.5, 0.6) is 0 Å². The lowest BCUT2D eigenvalue weighted by Gasteiger charge is -2.29. The molecule has 0 saturated heterocycles. The molecular weight excluding hydrogens is 416 g/mol. The fraction of sp³-hybridized carbons (Fsp3) is 0.129. The molecule has 3 heteroatoms. The highest BCUT2D eigenvalue weighted by Crippen LogP contribution is 2.43. The molecule has 1 atom stereocenters. The smallest absolute Gasteiger partial charge is 0.135 e. The van der Waals surface area contributed by atoms with E-state index in [1.165, 1.54) is 38.5 Å². The lowest BCUT2D eigenvalue weighted by Crippen LogP contribution is -2.18. The van der Waals surface area contributed by atoms with E-state index >= 15 is 0 Å². The first kappa shape index (κ1) is 19.3. The average Bonchev–Trinajstić information content (AvgIpc) is 3.29. The molecule has 2 aromatic heterocycles. The second-order valence-electron chi connectivity index (χ2n) is 9.19. The Morgan fingerprint density at radius 2 is 1.68 bits per heavy atom. The molecule has 1 unspecified atom stereocenters. The molecule has 0 amide bonds. The van der Waals surface area contributed by atoms with E-state index in [2.05, 4.69) is 77.1 Å². The van der Waals surface area contributed by atoms with Crippen LogP contribution in [-0.2, 0) is 6.42 Å². The number of nitrogens with two attached hydrogens (primary N) is 1. The van der Waals surface area contributed by atoms with Crippen LogP contribution >= 0.6 is 0 Å². The molecule has 0 spiro atoms. The zero-order chi connectivity index (χ0) is 22.6. The van der Waals surface area contributed by atoms with E-state index in [9.17, 15) is 0 Å². The summed E-state index contributed by atoms with van der Waals surface area (Å²) >= 11 is 0. The molecule has 3 aliphatic rings. The summed E-state index contributed by atoms with van der Waals surface area (Å²) < 4.78 is 8.79. The third-order valence-electron chi connectivity index (χ3n) is 7.28. The zero-order valence-corrected chi connectivity index (χ0v) is 18.8. The maximum absolute atomic E-state index is 6.36. The Kier molecular flexibility index (Phi) is 4.20. The van der Waals surface area contributed by atoms with Gasteiger partial charge in [-0.2, -0.15) is 0 Å².